The third kappa shape index (κ3) is 3.35. The molecule has 2 aromatic rings. The number of hydrogen-bond donors (Lipinski definition) is 1. The molecular formula is C10H7Cl2N3OS2. The van der Waals surface area contributed by atoms with Crippen molar-refractivity contribution < 1.29 is 4.79 Å². The molecule has 0 saturated carbocycles. The molecule has 2 rings (SSSR count). The van der Waals surface area contributed by atoms with Gasteiger partial charge < -0.3 is 5.73 Å². The van der Waals surface area contributed by atoms with Gasteiger partial charge in [0.15, 0.2) is 10.1 Å². The Hall–Kier alpha value is -0.820. The van der Waals surface area contributed by atoms with E-state index in [1.54, 1.807) is 18.2 Å². The average Bonchev–Trinajstić information content (AvgIpc) is 2.75. The van der Waals surface area contributed by atoms with Gasteiger partial charge in [0.05, 0.1) is 15.8 Å². The van der Waals surface area contributed by atoms with Gasteiger partial charge in [0.2, 0.25) is 5.13 Å². The molecule has 0 aliphatic rings. The summed E-state index contributed by atoms with van der Waals surface area (Å²) in [6, 6.07) is 4.80. The Balaban J connectivity index is 2.01. The number of nitrogens with two attached hydrogens (primary N) is 1. The van der Waals surface area contributed by atoms with Gasteiger partial charge in [-0.05, 0) is 18.2 Å². The molecule has 8 heteroatoms. The fourth-order valence-electron chi connectivity index (χ4n) is 1.16. The number of Topliss-reactive ketones (excluding diaryl/α,β-unsaturated/α-hetero) is 1. The molecule has 0 radical (unpaired) electrons. The number of rotatable bonds is 4. The van der Waals surface area contributed by atoms with Gasteiger partial charge in [-0.2, -0.15) is 0 Å². The van der Waals surface area contributed by atoms with Gasteiger partial charge in [-0.15, -0.1) is 10.2 Å². The fraction of sp³-hybridized carbons (Fsp3) is 0.100. The van der Waals surface area contributed by atoms with E-state index >= 15 is 0 Å². The van der Waals surface area contributed by atoms with Crippen molar-refractivity contribution in [2.45, 2.75) is 4.34 Å². The number of benzene rings is 1. The van der Waals surface area contributed by atoms with Crippen LogP contribution in [0, 0.1) is 0 Å². The maximum atomic E-state index is 11.9. The molecule has 94 valence electrons. The Morgan fingerprint density at radius 2 is 2.11 bits per heavy atom. The highest BCUT2D eigenvalue weighted by atomic mass is 35.5. The van der Waals surface area contributed by atoms with Gasteiger partial charge in [-0.1, -0.05) is 46.3 Å². The standard InChI is InChI=1S/C10H7Cl2N3OS2/c11-6-2-1-5(3-7(6)12)8(16)4-17-10-15-14-9(13)18-10/h1-3H,4H2,(H2,13,14). The highest BCUT2D eigenvalue weighted by molar-refractivity contribution is 8.01. The molecule has 0 amide bonds. The first-order valence-corrected chi connectivity index (χ1v) is 7.32. The summed E-state index contributed by atoms with van der Waals surface area (Å²) in [5.41, 5.74) is 5.97. The van der Waals surface area contributed by atoms with E-state index in [4.69, 9.17) is 28.9 Å². The van der Waals surface area contributed by atoms with Crippen LogP contribution in [0.2, 0.25) is 10.0 Å². The van der Waals surface area contributed by atoms with Crippen LogP contribution in [0.4, 0.5) is 5.13 Å². The third-order valence-corrected chi connectivity index (χ3v) is 4.62. The van der Waals surface area contributed by atoms with Crippen LogP contribution in [0.5, 0.6) is 0 Å². The van der Waals surface area contributed by atoms with E-state index in [-0.39, 0.29) is 11.5 Å². The molecular weight excluding hydrogens is 313 g/mol. The Labute approximate surface area is 121 Å². The molecule has 4 nitrogen and oxygen atoms in total. The van der Waals surface area contributed by atoms with Crippen LogP contribution in [0.15, 0.2) is 22.5 Å². The second-order valence-corrected chi connectivity index (χ2v) is 6.29. The van der Waals surface area contributed by atoms with Crippen LogP contribution >= 0.6 is 46.3 Å². The maximum Gasteiger partial charge on any atom is 0.203 e. The minimum absolute atomic E-state index is 0.0488. The molecule has 0 unspecified atom stereocenters. The van der Waals surface area contributed by atoms with Crippen molar-refractivity contribution in [2.75, 3.05) is 11.5 Å². The Morgan fingerprint density at radius 1 is 1.33 bits per heavy atom. The van der Waals surface area contributed by atoms with E-state index in [1.165, 1.54) is 23.1 Å². The lowest BCUT2D eigenvalue weighted by Crippen LogP contribution is -2.02. The number of halogens is 2. The van der Waals surface area contributed by atoms with Crippen molar-refractivity contribution in [1.29, 1.82) is 0 Å². The molecule has 0 saturated heterocycles. The van der Waals surface area contributed by atoms with Crippen molar-refractivity contribution in [2.24, 2.45) is 0 Å². The van der Waals surface area contributed by atoms with Crippen LogP contribution < -0.4 is 5.73 Å². The van der Waals surface area contributed by atoms with Gasteiger partial charge in [-0.3, -0.25) is 4.79 Å². The molecule has 1 aromatic heterocycles. The number of carbonyl (C=O) groups excluding carboxylic acids is 1. The number of thioether (sulfide) groups is 1. The fourth-order valence-corrected chi connectivity index (χ4v) is 2.99. The molecule has 0 atom stereocenters. The molecule has 0 spiro atoms. The first-order valence-electron chi connectivity index (χ1n) is 4.76. The summed E-state index contributed by atoms with van der Waals surface area (Å²) in [4.78, 5) is 11.9. The van der Waals surface area contributed by atoms with Gasteiger partial charge in [0.25, 0.3) is 0 Å². The van der Waals surface area contributed by atoms with Gasteiger partial charge in [0, 0.05) is 5.56 Å². The Bertz CT molecular complexity index is 588. The lowest BCUT2D eigenvalue weighted by molar-refractivity contribution is 0.102. The van der Waals surface area contributed by atoms with Gasteiger partial charge in [-0.25, -0.2) is 0 Å². The second kappa shape index (κ2) is 5.88. The zero-order chi connectivity index (χ0) is 13.1. The lowest BCUT2D eigenvalue weighted by atomic mass is 10.1. The number of nitrogen functional groups attached to an aromatic ring is 1. The third-order valence-electron chi connectivity index (χ3n) is 1.99. The number of carbonyl (C=O) groups is 1. The Kier molecular flexibility index (Phi) is 4.45. The number of hydrogen-bond acceptors (Lipinski definition) is 6. The van der Waals surface area contributed by atoms with Crippen molar-refractivity contribution in [3.8, 4) is 0 Å². The molecule has 0 aliphatic heterocycles. The van der Waals surface area contributed by atoms with E-state index in [2.05, 4.69) is 10.2 Å². The van der Waals surface area contributed by atoms with Crippen LogP contribution in [0.3, 0.4) is 0 Å². The van der Waals surface area contributed by atoms with E-state index in [0.29, 0.717) is 25.1 Å². The first-order chi connectivity index (χ1) is 8.56. The highest BCUT2D eigenvalue weighted by Gasteiger charge is 2.10. The van der Waals surface area contributed by atoms with Crippen LogP contribution in [-0.2, 0) is 0 Å². The van der Waals surface area contributed by atoms with Crippen molar-refractivity contribution in [1.82, 2.24) is 10.2 Å². The van der Waals surface area contributed by atoms with Crippen molar-refractivity contribution >= 4 is 57.2 Å². The average molecular weight is 320 g/mol. The smallest absolute Gasteiger partial charge is 0.203 e. The number of nitrogens with zero attached hydrogens (tertiary/aromatic N) is 2. The number of anilines is 1. The lowest BCUT2D eigenvalue weighted by Gasteiger charge is -2.01. The van der Waals surface area contributed by atoms with Crippen molar-refractivity contribution in [3.63, 3.8) is 0 Å². The Morgan fingerprint density at radius 3 is 2.72 bits per heavy atom. The molecule has 1 aromatic carbocycles. The van der Waals surface area contributed by atoms with Crippen molar-refractivity contribution in [3.05, 3.63) is 33.8 Å². The second-order valence-electron chi connectivity index (χ2n) is 3.25. The summed E-state index contributed by atoms with van der Waals surface area (Å²) < 4.78 is 0.668. The van der Waals surface area contributed by atoms with E-state index < -0.39 is 0 Å². The predicted molar refractivity (Wildman–Crippen MR) is 75.8 cm³/mol. The summed E-state index contributed by atoms with van der Waals surface area (Å²) in [5, 5.41) is 8.67. The summed E-state index contributed by atoms with van der Waals surface area (Å²) >= 11 is 14.2. The van der Waals surface area contributed by atoms with E-state index in [1.807, 2.05) is 0 Å². The van der Waals surface area contributed by atoms with E-state index in [0.717, 1.165) is 0 Å². The molecule has 1 heterocycles. The van der Waals surface area contributed by atoms with Crippen LogP contribution in [0.25, 0.3) is 0 Å². The quantitative estimate of drug-likeness (QED) is 0.691. The molecule has 2 N–H and O–H groups in total. The largest absolute Gasteiger partial charge is 0.374 e. The minimum Gasteiger partial charge on any atom is -0.374 e. The monoisotopic (exact) mass is 319 g/mol. The van der Waals surface area contributed by atoms with Gasteiger partial charge >= 0.3 is 0 Å². The van der Waals surface area contributed by atoms with Crippen LogP contribution in [-0.4, -0.2) is 21.7 Å². The molecule has 0 bridgehead atoms. The number of ketones is 1. The predicted octanol–water partition coefficient (Wildman–Crippen LogP) is 3.40. The minimum atomic E-state index is -0.0488. The zero-order valence-corrected chi connectivity index (χ0v) is 12.0. The van der Waals surface area contributed by atoms with E-state index in [9.17, 15) is 4.79 Å². The maximum absolute atomic E-state index is 11.9. The van der Waals surface area contributed by atoms with Crippen LogP contribution in [0.1, 0.15) is 10.4 Å². The topological polar surface area (TPSA) is 68.9 Å². The summed E-state index contributed by atoms with van der Waals surface area (Å²) in [6.07, 6.45) is 0. The molecule has 18 heavy (non-hydrogen) atoms. The normalized spacial score (nSPS) is 10.6. The SMILES string of the molecule is Nc1nnc(SCC(=O)c2ccc(Cl)c(Cl)c2)s1. The van der Waals surface area contributed by atoms with Gasteiger partial charge in [0.1, 0.15) is 0 Å². The summed E-state index contributed by atoms with van der Waals surface area (Å²) in [5.74, 6) is 0.208. The highest BCUT2D eigenvalue weighted by Crippen LogP contribution is 2.26. The zero-order valence-electron chi connectivity index (χ0n) is 8.89. The first kappa shape index (κ1) is 13.6. The molecule has 0 fully saturated rings. The number of aromatic nitrogens is 2. The summed E-state index contributed by atoms with van der Waals surface area (Å²) in [7, 11) is 0. The molecule has 0 aliphatic carbocycles. The summed E-state index contributed by atoms with van der Waals surface area (Å²) in [6.45, 7) is 0.